The number of H-pyrrole nitrogens is 1. The number of para-hydroxylation sites is 1. The molecule has 1 fully saturated rings. The molecule has 162 valence electrons. The number of amides is 1. The van der Waals surface area contributed by atoms with Crippen LogP contribution in [0.2, 0.25) is 0 Å². The highest BCUT2D eigenvalue weighted by molar-refractivity contribution is 5.77. The van der Waals surface area contributed by atoms with Crippen molar-refractivity contribution >= 4 is 11.6 Å². The normalized spacial score (nSPS) is 16.3. The summed E-state index contributed by atoms with van der Waals surface area (Å²) in [7, 11) is 2.05. The van der Waals surface area contributed by atoms with Gasteiger partial charge in [0.1, 0.15) is 5.82 Å². The minimum Gasteiger partial charge on any atom is -0.375 e. The fourth-order valence-corrected chi connectivity index (χ4v) is 4.39. The van der Waals surface area contributed by atoms with E-state index in [1.807, 2.05) is 29.2 Å². The molecule has 3 aromatic rings. The predicted octanol–water partition coefficient (Wildman–Crippen LogP) is 5.19. The SMILES string of the molecule is CN(CCCC(=O)N1CCCC[C@@H]1c1[nH]ncc1-c1cccc(F)c1)c1ccccc1. The lowest BCUT2D eigenvalue weighted by atomic mass is 9.94. The van der Waals surface area contributed by atoms with Gasteiger partial charge in [0.25, 0.3) is 0 Å². The van der Waals surface area contributed by atoms with Crippen LogP contribution in [0.3, 0.4) is 0 Å². The first-order valence-electron chi connectivity index (χ1n) is 11.0. The Bertz CT molecular complexity index is 1000. The van der Waals surface area contributed by atoms with Gasteiger partial charge in [-0.05, 0) is 55.5 Å². The van der Waals surface area contributed by atoms with Crippen LogP contribution in [-0.2, 0) is 4.79 Å². The van der Waals surface area contributed by atoms with E-state index >= 15 is 0 Å². The Balaban J connectivity index is 1.43. The second-order valence-corrected chi connectivity index (χ2v) is 8.17. The zero-order valence-corrected chi connectivity index (χ0v) is 17.9. The van der Waals surface area contributed by atoms with E-state index in [2.05, 4.69) is 34.3 Å². The Morgan fingerprint density at radius 3 is 2.84 bits per heavy atom. The number of hydrogen-bond acceptors (Lipinski definition) is 3. The van der Waals surface area contributed by atoms with Crippen molar-refractivity contribution in [1.29, 1.82) is 0 Å². The molecule has 31 heavy (non-hydrogen) atoms. The van der Waals surface area contributed by atoms with Gasteiger partial charge in [-0.25, -0.2) is 4.39 Å². The zero-order chi connectivity index (χ0) is 21.6. The fourth-order valence-electron chi connectivity index (χ4n) is 4.39. The number of aromatic nitrogens is 2. The number of nitrogens with zero attached hydrogens (tertiary/aromatic N) is 3. The molecule has 1 aromatic heterocycles. The molecule has 4 rings (SSSR count). The molecule has 2 heterocycles. The molecule has 1 amide bonds. The van der Waals surface area contributed by atoms with Gasteiger partial charge >= 0.3 is 0 Å². The van der Waals surface area contributed by atoms with E-state index < -0.39 is 0 Å². The van der Waals surface area contributed by atoms with E-state index in [0.29, 0.717) is 6.42 Å². The minimum absolute atomic E-state index is 0.0473. The first-order chi connectivity index (χ1) is 15.1. The third kappa shape index (κ3) is 4.95. The molecule has 0 unspecified atom stereocenters. The van der Waals surface area contributed by atoms with E-state index in [0.717, 1.165) is 61.3 Å². The summed E-state index contributed by atoms with van der Waals surface area (Å²) in [5.74, 6) is -0.102. The van der Waals surface area contributed by atoms with Crippen molar-refractivity contribution in [2.75, 3.05) is 25.0 Å². The summed E-state index contributed by atoms with van der Waals surface area (Å²) in [6, 6.07) is 16.7. The molecule has 0 saturated carbocycles. The average molecular weight is 421 g/mol. The van der Waals surface area contributed by atoms with Crippen LogP contribution in [0.4, 0.5) is 10.1 Å². The molecule has 0 aliphatic carbocycles. The van der Waals surface area contributed by atoms with Gasteiger partial charge in [-0.3, -0.25) is 9.89 Å². The molecule has 1 N–H and O–H groups in total. The summed E-state index contributed by atoms with van der Waals surface area (Å²) < 4.78 is 13.8. The molecule has 6 heteroatoms. The maximum absolute atomic E-state index is 13.8. The van der Waals surface area contributed by atoms with Crippen LogP contribution in [0.15, 0.2) is 60.8 Å². The number of carbonyl (C=O) groups is 1. The lowest BCUT2D eigenvalue weighted by Crippen LogP contribution is -2.39. The van der Waals surface area contributed by atoms with Crippen molar-refractivity contribution in [1.82, 2.24) is 15.1 Å². The number of aromatic amines is 1. The van der Waals surface area contributed by atoms with Crippen LogP contribution < -0.4 is 4.90 Å². The largest absolute Gasteiger partial charge is 0.375 e. The van der Waals surface area contributed by atoms with Gasteiger partial charge in [-0.1, -0.05) is 30.3 Å². The van der Waals surface area contributed by atoms with Gasteiger partial charge in [0, 0.05) is 37.8 Å². The number of benzene rings is 2. The Hall–Kier alpha value is -3.15. The van der Waals surface area contributed by atoms with Gasteiger partial charge in [-0.15, -0.1) is 0 Å². The topological polar surface area (TPSA) is 52.2 Å². The average Bonchev–Trinajstić information content (AvgIpc) is 3.29. The molecule has 1 saturated heterocycles. The molecule has 0 bridgehead atoms. The molecule has 0 spiro atoms. The third-order valence-corrected chi connectivity index (χ3v) is 6.04. The Labute approximate surface area is 182 Å². The molecule has 1 aliphatic heterocycles. The van der Waals surface area contributed by atoms with E-state index in [-0.39, 0.29) is 17.8 Å². The lowest BCUT2D eigenvalue weighted by Gasteiger charge is -2.36. The van der Waals surface area contributed by atoms with E-state index in [1.54, 1.807) is 12.3 Å². The monoisotopic (exact) mass is 420 g/mol. The van der Waals surface area contributed by atoms with Crippen LogP contribution in [0.25, 0.3) is 11.1 Å². The third-order valence-electron chi connectivity index (χ3n) is 6.04. The van der Waals surface area contributed by atoms with Crippen molar-refractivity contribution in [2.24, 2.45) is 0 Å². The van der Waals surface area contributed by atoms with E-state index in [4.69, 9.17) is 0 Å². The smallest absolute Gasteiger partial charge is 0.223 e. The number of rotatable bonds is 7. The van der Waals surface area contributed by atoms with Crippen LogP contribution in [0, 0.1) is 5.82 Å². The zero-order valence-electron chi connectivity index (χ0n) is 17.9. The van der Waals surface area contributed by atoms with Gasteiger partial charge in [0.05, 0.1) is 17.9 Å². The number of nitrogens with one attached hydrogen (secondary N) is 1. The number of halogens is 1. The summed E-state index contributed by atoms with van der Waals surface area (Å²) >= 11 is 0. The second-order valence-electron chi connectivity index (χ2n) is 8.17. The predicted molar refractivity (Wildman–Crippen MR) is 121 cm³/mol. The molecular formula is C25H29FN4O. The molecular weight excluding hydrogens is 391 g/mol. The second kappa shape index (κ2) is 9.77. The highest BCUT2D eigenvalue weighted by Crippen LogP contribution is 2.36. The summed E-state index contributed by atoms with van der Waals surface area (Å²) in [4.78, 5) is 17.3. The number of carbonyl (C=O) groups excluding carboxylic acids is 1. The van der Waals surface area contributed by atoms with Crippen molar-refractivity contribution in [2.45, 2.75) is 38.1 Å². The number of piperidine rings is 1. The summed E-state index contributed by atoms with van der Waals surface area (Å²) in [6.45, 7) is 1.58. The van der Waals surface area contributed by atoms with Crippen molar-refractivity contribution < 1.29 is 9.18 Å². The van der Waals surface area contributed by atoms with Gasteiger partial charge in [-0.2, -0.15) is 5.10 Å². The van der Waals surface area contributed by atoms with Gasteiger partial charge in [0.2, 0.25) is 5.91 Å². The van der Waals surface area contributed by atoms with Crippen LogP contribution in [0.5, 0.6) is 0 Å². The summed E-state index contributed by atoms with van der Waals surface area (Å²) in [6.07, 6.45) is 6.00. The molecule has 2 aromatic carbocycles. The van der Waals surface area contributed by atoms with Gasteiger partial charge < -0.3 is 9.80 Å². The fraction of sp³-hybridized carbons (Fsp3) is 0.360. The van der Waals surface area contributed by atoms with E-state index in [9.17, 15) is 9.18 Å². The van der Waals surface area contributed by atoms with E-state index in [1.165, 1.54) is 12.1 Å². The highest BCUT2D eigenvalue weighted by atomic mass is 19.1. The Morgan fingerprint density at radius 1 is 1.19 bits per heavy atom. The van der Waals surface area contributed by atoms with Crippen LogP contribution in [-0.4, -0.2) is 41.1 Å². The summed E-state index contributed by atoms with van der Waals surface area (Å²) in [5, 5.41) is 7.32. The quantitative estimate of drug-likeness (QED) is 0.573. The van der Waals surface area contributed by atoms with Crippen molar-refractivity contribution in [3.63, 3.8) is 0 Å². The Kier molecular flexibility index (Phi) is 6.65. The number of hydrogen-bond donors (Lipinski definition) is 1. The minimum atomic E-state index is -0.274. The molecule has 1 aliphatic rings. The lowest BCUT2D eigenvalue weighted by molar-refractivity contribution is -0.135. The standard InChI is InChI=1S/C25H29FN4O/c1-29(21-11-3-2-4-12-21)15-8-14-24(31)30-16-6-5-13-23(30)25-22(18-27-28-25)19-9-7-10-20(26)17-19/h2-4,7,9-12,17-18,23H,5-6,8,13-16H2,1H3,(H,27,28)/t23-/m1/s1. The first kappa shape index (κ1) is 21.1. The van der Waals surface area contributed by atoms with Crippen LogP contribution >= 0.6 is 0 Å². The maximum Gasteiger partial charge on any atom is 0.223 e. The number of likely N-dealkylation sites (tertiary alicyclic amines) is 1. The maximum atomic E-state index is 13.8. The first-order valence-corrected chi connectivity index (χ1v) is 11.0. The Morgan fingerprint density at radius 2 is 2.03 bits per heavy atom. The molecule has 5 nitrogen and oxygen atoms in total. The molecule has 0 radical (unpaired) electrons. The highest BCUT2D eigenvalue weighted by Gasteiger charge is 2.30. The summed E-state index contributed by atoms with van der Waals surface area (Å²) in [5.41, 5.74) is 3.71. The van der Waals surface area contributed by atoms with Crippen molar-refractivity contribution in [3.05, 3.63) is 72.3 Å². The van der Waals surface area contributed by atoms with Gasteiger partial charge in [0.15, 0.2) is 0 Å². The van der Waals surface area contributed by atoms with Crippen molar-refractivity contribution in [3.8, 4) is 11.1 Å². The number of anilines is 1. The molecule has 1 atom stereocenters. The van der Waals surface area contributed by atoms with Crippen LogP contribution in [0.1, 0.15) is 43.8 Å².